The Kier molecular flexibility index (Phi) is 5.77. The minimum Gasteiger partial charge on any atom is -0.352 e. The van der Waals surface area contributed by atoms with Gasteiger partial charge in [0.1, 0.15) is 0 Å². The van der Waals surface area contributed by atoms with Gasteiger partial charge in [-0.25, -0.2) is 0 Å². The van der Waals surface area contributed by atoms with Gasteiger partial charge in [-0.3, -0.25) is 4.79 Å². The molecular formula is C26H30N4O. The fraction of sp³-hybridized carbons (Fsp3) is 0.346. The molecule has 0 saturated carbocycles. The summed E-state index contributed by atoms with van der Waals surface area (Å²) in [4.78, 5) is 17.1. The Hall–Kier alpha value is -3.21. The SMILES string of the molecule is Cc1cc(C)cc(C(=O)N2CCN(c3ccc(-c4cc(C)c(C)cc4C)nn3)CC2)c1. The summed E-state index contributed by atoms with van der Waals surface area (Å²) in [6, 6.07) is 14.5. The van der Waals surface area contributed by atoms with Crippen molar-refractivity contribution in [2.24, 2.45) is 0 Å². The lowest BCUT2D eigenvalue weighted by molar-refractivity contribution is 0.0746. The number of benzene rings is 2. The monoisotopic (exact) mass is 414 g/mol. The Morgan fingerprint density at radius 2 is 1.39 bits per heavy atom. The van der Waals surface area contributed by atoms with E-state index in [2.05, 4.69) is 54.1 Å². The van der Waals surface area contributed by atoms with E-state index in [0.717, 1.165) is 46.9 Å². The normalized spacial score (nSPS) is 14.1. The number of piperazine rings is 1. The third kappa shape index (κ3) is 4.46. The first-order valence-electron chi connectivity index (χ1n) is 10.9. The number of anilines is 1. The summed E-state index contributed by atoms with van der Waals surface area (Å²) >= 11 is 0. The highest BCUT2D eigenvalue weighted by atomic mass is 16.2. The molecule has 4 rings (SSSR count). The molecule has 2 heterocycles. The van der Waals surface area contributed by atoms with Crippen molar-refractivity contribution in [3.05, 3.63) is 75.8 Å². The number of nitrogens with zero attached hydrogens (tertiary/aromatic N) is 4. The van der Waals surface area contributed by atoms with Crippen LogP contribution in [0.1, 0.15) is 38.2 Å². The van der Waals surface area contributed by atoms with Crippen LogP contribution in [-0.2, 0) is 0 Å². The number of carbonyl (C=O) groups is 1. The number of hydrogen-bond donors (Lipinski definition) is 0. The van der Waals surface area contributed by atoms with Crippen molar-refractivity contribution < 1.29 is 4.79 Å². The average molecular weight is 415 g/mol. The predicted octanol–water partition coefficient (Wildman–Crippen LogP) is 4.65. The first-order chi connectivity index (χ1) is 14.8. The van der Waals surface area contributed by atoms with E-state index in [0.29, 0.717) is 13.1 Å². The van der Waals surface area contributed by atoms with Crippen molar-refractivity contribution in [3.63, 3.8) is 0 Å². The number of carbonyl (C=O) groups excluding carboxylic acids is 1. The molecule has 1 fully saturated rings. The third-order valence-corrected chi connectivity index (χ3v) is 6.13. The Balaban J connectivity index is 1.43. The number of hydrogen-bond acceptors (Lipinski definition) is 4. The summed E-state index contributed by atoms with van der Waals surface area (Å²) in [7, 11) is 0. The molecule has 1 saturated heterocycles. The Morgan fingerprint density at radius 3 is 2.00 bits per heavy atom. The molecule has 1 aromatic heterocycles. The summed E-state index contributed by atoms with van der Waals surface area (Å²) < 4.78 is 0. The maximum Gasteiger partial charge on any atom is 0.253 e. The first kappa shape index (κ1) is 21.0. The topological polar surface area (TPSA) is 49.3 Å². The van der Waals surface area contributed by atoms with Gasteiger partial charge in [-0.1, -0.05) is 23.3 Å². The van der Waals surface area contributed by atoms with Crippen LogP contribution >= 0.6 is 0 Å². The quantitative estimate of drug-likeness (QED) is 0.626. The van der Waals surface area contributed by atoms with E-state index in [1.54, 1.807) is 0 Å². The molecule has 0 unspecified atom stereocenters. The minimum atomic E-state index is 0.109. The molecule has 2 aromatic carbocycles. The molecular weight excluding hydrogens is 384 g/mol. The van der Waals surface area contributed by atoms with Gasteiger partial charge in [0.25, 0.3) is 5.91 Å². The lowest BCUT2D eigenvalue weighted by Gasteiger charge is -2.35. The minimum absolute atomic E-state index is 0.109. The maximum absolute atomic E-state index is 12.9. The lowest BCUT2D eigenvalue weighted by atomic mass is 9.99. The summed E-state index contributed by atoms with van der Waals surface area (Å²) in [5.41, 5.74) is 8.81. The van der Waals surface area contributed by atoms with E-state index in [-0.39, 0.29) is 5.91 Å². The summed E-state index contributed by atoms with van der Waals surface area (Å²) in [5, 5.41) is 9.00. The van der Waals surface area contributed by atoms with Crippen molar-refractivity contribution in [1.82, 2.24) is 15.1 Å². The van der Waals surface area contributed by atoms with Gasteiger partial charge in [0.15, 0.2) is 5.82 Å². The highest BCUT2D eigenvalue weighted by molar-refractivity contribution is 5.94. The summed E-state index contributed by atoms with van der Waals surface area (Å²) in [6.45, 7) is 13.3. The number of amides is 1. The second kappa shape index (κ2) is 8.50. The van der Waals surface area contributed by atoms with Crippen LogP contribution in [0.5, 0.6) is 0 Å². The Bertz CT molecular complexity index is 1090. The van der Waals surface area contributed by atoms with Gasteiger partial charge in [0.05, 0.1) is 5.69 Å². The zero-order valence-corrected chi connectivity index (χ0v) is 19.1. The van der Waals surface area contributed by atoms with Gasteiger partial charge < -0.3 is 9.80 Å². The van der Waals surface area contributed by atoms with Crippen molar-refractivity contribution in [2.75, 3.05) is 31.1 Å². The van der Waals surface area contributed by atoms with Crippen LogP contribution in [0.4, 0.5) is 5.82 Å². The summed E-state index contributed by atoms with van der Waals surface area (Å²) in [5.74, 6) is 0.974. The van der Waals surface area contributed by atoms with Crippen molar-refractivity contribution in [2.45, 2.75) is 34.6 Å². The number of rotatable bonds is 3. The molecule has 5 heteroatoms. The van der Waals surface area contributed by atoms with Crippen LogP contribution in [0.3, 0.4) is 0 Å². The highest BCUT2D eigenvalue weighted by Crippen LogP contribution is 2.26. The fourth-order valence-electron chi connectivity index (χ4n) is 4.29. The predicted molar refractivity (Wildman–Crippen MR) is 126 cm³/mol. The maximum atomic E-state index is 12.9. The van der Waals surface area contributed by atoms with Crippen LogP contribution in [0.25, 0.3) is 11.3 Å². The molecule has 0 atom stereocenters. The molecule has 160 valence electrons. The van der Waals surface area contributed by atoms with Gasteiger partial charge in [0, 0.05) is 37.3 Å². The van der Waals surface area contributed by atoms with Crippen LogP contribution in [-0.4, -0.2) is 47.2 Å². The standard InChI is InChI=1S/C26H30N4O/c1-17-12-18(2)14-22(13-17)26(31)30-10-8-29(9-11-30)25-7-6-24(27-28-25)23-16-20(4)19(3)15-21(23)5/h6-7,12-16H,8-11H2,1-5H3. The molecule has 0 aliphatic carbocycles. The van der Waals surface area contributed by atoms with Crippen LogP contribution < -0.4 is 4.90 Å². The van der Waals surface area contributed by atoms with Crippen LogP contribution in [0, 0.1) is 34.6 Å². The molecule has 0 bridgehead atoms. The van der Waals surface area contributed by atoms with E-state index in [1.807, 2.05) is 43.0 Å². The second-order valence-corrected chi connectivity index (χ2v) is 8.68. The largest absolute Gasteiger partial charge is 0.352 e. The van der Waals surface area contributed by atoms with Gasteiger partial charge in [-0.05, 0) is 81.6 Å². The molecule has 1 aliphatic rings. The van der Waals surface area contributed by atoms with E-state index < -0.39 is 0 Å². The Morgan fingerprint density at radius 1 is 0.742 bits per heavy atom. The van der Waals surface area contributed by atoms with E-state index in [9.17, 15) is 4.79 Å². The Labute approximate surface area is 184 Å². The first-order valence-corrected chi connectivity index (χ1v) is 10.9. The molecule has 3 aromatic rings. The van der Waals surface area contributed by atoms with Crippen molar-refractivity contribution in [1.29, 1.82) is 0 Å². The van der Waals surface area contributed by atoms with E-state index in [1.165, 1.54) is 16.7 Å². The van der Waals surface area contributed by atoms with Gasteiger partial charge in [0.2, 0.25) is 0 Å². The molecule has 1 amide bonds. The van der Waals surface area contributed by atoms with Gasteiger partial charge in [-0.2, -0.15) is 0 Å². The number of aryl methyl sites for hydroxylation is 5. The molecule has 0 radical (unpaired) electrons. The molecule has 31 heavy (non-hydrogen) atoms. The van der Waals surface area contributed by atoms with Crippen LogP contribution in [0.2, 0.25) is 0 Å². The van der Waals surface area contributed by atoms with E-state index in [4.69, 9.17) is 0 Å². The third-order valence-electron chi connectivity index (χ3n) is 6.13. The molecule has 1 aliphatic heterocycles. The summed E-state index contributed by atoms with van der Waals surface area (Å²) in [6.07, 6.45) is 0. The van der Waals surface area contributed by atoms with Crippen LogP contribution in [0.15, 0.2) is 42.5 Å². The smallest absolute Gasteiger partial charge is 0.253 e. The van der Waals surface area contributed by atoms with Gasteiger partial charge in [-0.15, -0.1) is 10.2 Å². The number of aromatic nitrogens is 2. The highest BCUT2D eigenvalue weighted by Gasteiger charge is 2.23. The van der Waals surface area contributed by atoms with Crippen molar-refractivity contribution >= 4 is 11.7 Å². The zero-order valence-electron chi connectivity index (χ0n) is 19.1. The zero-order chi connectivity index (χ0) is 22.1. The average Bonchev–Trinajstić information content (AvgIpc) is 2.75. The fourth-order valence-corrected chi connectivity index (χ4v) is 4.29. The lowest BCUT2D eigenvalue weighted by Crippen LogP contribution is -2.49. The molecule has 0 spiro atoms. The second-order valence-electron chi connectivity index (χ2n) is 8.68. The molecule has 0 N–H and O–H groups in total. The molecule has 5 nitrogen and oxygen atoms in total. The van der Waals surface area contributed by atoms with Crippen molar-refractivity contribution in [3.8, 4) is 11.3 Å². The van der Waals surface area contributed by atoms with E-state index >= 15 is 0 Å². The van der Waals surface area contributed by atoms with Gasteiger partial charge >= 0.3 is 0 Å².